The summed E-state index contributed by atoms with van der Waals surface area (Å²) < 4.78 is 41.1. The number of ether oxygens (including phenoxy) is 7. The molecule has 0 aliphatic carbocycles. The lowest BCUT2D eigenvalue weighted by Gasteiger charge is -2.44. The van der Waals surface area contributed by atoms with E-state index in [9.17, 15) is 4.79 Å². The number of hydrogen-bond donors (Lipinski definition) is 0. The number of hydrogen-bond acceptors (Lipinski definition) is 8. The van der Waals surface area contributed by atoms with Gasteiger partial charge in [0, 0.05) is 31.3 Å². The van der Waals surface area contributed by atoms with E-state index in [2.05, 4.69) is 24.3 Å². The van der Waals surface area contributed by atoms with E-state index in [4.69, 9.17) is 33.2 Å². The SMILES string of the molecule is COc1ccc(OC[C@@H]2CN(C(=O)OC(C)(C)C)C[C@H](COc3ccc(OC)cc3)C2c2ccc(OCCCOCc3ccccc3)cc2)cc1. The van der Waals surface area contributed by atoms with Crippen LogP contribution in [-0.2, 0) is 16.1 Å². The Kier molecular flexibility index (Phi) is 13.5. The van der Waals surface area contributed by atoms with Crippen molar-refractivity contribution in [2.75, 3.05) is 53.7 Å². The van der Waals surface area contributed by atoms with Gasteiger partial charge >= 0.3 is 6.09 Å². The standard InChI is InChI=1S/C42H51NO8/c1-42(2,3)51-41(44)43-26-33(29-49-38-20-16-35(45-4)17-21-38)40(34(27-43)30-50-39-22-18-36(46-5)19-23-39)32-12-14-37(15-13-32)48-25-9-24-47-28-31-10-7-6-8-11-31/h6-8,10-23,33-34,40H,9,24-30H2,1-5H3/t33-,34+,40?. The Morgan fingerprint density at radius 3 is 1.65 bits per heavy atom. The van der Waals surface area contributed by atoms with Crippen LogP contribution in [0.3, 0.4) is 0 Å². The molecular formula is C42H51NO8. The van der Waals surface area contributed by atoms with Gasteiger partial charge in [-0.15, -0.1) is 0 Å². The van der Waals surface area contributed by atoms with Crippen LogP contribution in [0.4, 0.5) is 4.79 Å². The fourth-order valence-electron chi connectivity index (χ4n) is 6.24. The summed E-state index contributed by atoms with van der Waals surface area (Å²) >= 11 is 0. The Bertz CT molecular complexity index is 1540. The molecule has 4 aromatic carbocycles. The first-order valence-electron chi connectivity index (χ1n) is 17.6. The monoisotopic (exact) mass is 697 g/mol. The zero-order valence-electron chi connectivity index (χ0n) is 30.4. The molecule has 1 aliphatic rings. The molecule has 0 bridgehead atoms. The highest BCUT2D eigenvalue weighted by molar-refractivity contribution is 5.68. The molecule has 1 saturated heterocycles. The fraction of sp³-hybridized carbons (Fsp3) is 0.405. The number of piperidine rings is 1. The molecule has 9 nitrogen and oxygen atoms in total. The Hall–Kier alpha value is -4.89. The predicted octanol–water partition coefficient (Wildman–Crippen LogP) is 8.41. The molecule has 1 fully saturated rings. The van der Waals surface area contributed by atoms with E-state index in [-0.39, 0.29) is 23.8 Å². The molecule has 51 heavy (non-hydrogen) atoms. The van der Waals surface area contributed by atoms with Crippen molar-refractivity contribution in [3.05, 3.63) is 114 Å². The smallest absolute Gasteiger partial charge is 0.410 e. The Morgan fingerprint density at radius 2 is 1.14 bits per heavy atom. The largest absolute Gasteiger partial charge is 0.497 e. The summed E-state index contributed by atoms with van der Waals surface area (Å²) in [6.45, 7) is 9.12. The van der Waals surface area contributed by atoms with Crippen LogP contribution in [0.5, 0.6) is 28.7 Å². The lowest BCUT2D eigenvalue weighted by molar-refractivity contribution is -0.00446. The minimum atomic E-state index is -0.623. The molecule has 1 heterocycles. The second-order valence-electron chi connectivity index (χ2n) is 13.7. The molecule has 0 radical (unpaired) electrons. The van der Waals surface area contributed by atoms with Crippen LogP contribution in [0.25, 0.3) is 0 Å². The van der Waals surface area contributed by atoms with Crippen molar-refractivity contribution in [1.29, 1.82) is 0 Å². The lowest BCUT2D eigenvalue weighted by Crippen LogP contribution is -2.52. The number of likely N-dealkylation sites (tertiary alicyclic amines) is 1. The van der Waals surface area contributed by atoms with E-state index < -0.39 is 5.60 Å². The molecular weight excluding hydrogens is 646 g/mol. The average Bonchev–Trinajstić information content (AvgIpc) is 3.14. The van der Waals surface area contributed by atoms with Gasteiger partial charge in [-0.2, -0.15) is 0 Å². The van der Waals surface area contributed by atoms with Gasteiger partial charge in [-0.25, -0.2) is 4.79 Å². The topological polar surface area (TPSA) is 84.9 Å². The average molecular weight is 698 g/mol. The molecule has 1 unspecified atom stereocenters. The summed E-state index contributed by atoms with van der Waals surface area (Å²) in [4.78, 5) is 15.3. The van der Waals surface area contributed by atoms with Crippen LogP contribution in [-0.4, -0.2) is 70.3 Å². The zero-order valence-corrected chi connectivity index (χ0v) is 30.4. The number of nitrogens with zero attached hydrogens (tertiary/aromatic N) is 1. The van der Waals surface area contributed by atoms with E-state index in [1.165, 1.54) is 0 Å². The first kappa shape index (κ1) is 37.4. The van der Waals surface area contributed by atoms with E-state index >= 15 is 0 Å². The van der Waals surface area contributed by atoms with E-state index in [0.29, 0.717) is 46.1 Å². The summed E-state index contributed by atoms with van der Waals surface area (Å²) in [6.07, 6.45) is 0.439. The summed E-state index contributed by atoms with van der Waals surface area (Å²) in [5.41, 5.74) is 1.66. The Balaban J connectivity index is 1.31. The summed E-state index contributed by atoms with van der Waals surface area (Å²) in [5.74, 6) is 3.65. The van der Waals surface area contributed by atoms with Crippen molar-refractivity contribution < 1.29 is 38.0 Å². The first-order chi connectivity index (χ1) is 24.7. The van der Waals surface area contributed by atoms with Gasteiger partial charge in [0.15, 0.2) is 0 Å². The van der Waals surface area contributed by atoms with Gasteiger partial charge in [-0.1, -0.05) is 42.5 Å². The number of carbonyl (C=O) groups excluding carboxylic acids is 1. The second-order valence-corrected chi connectivity index (χ2v) is 13.7. The van der Waals surface area contributed by atoms with Crippen LogP contribution in [0, 0.1) is 11.8 Å². The van der Waals surface area contributed by atoms with Gasteiger partial charge in [0.2, 0.25) is 0 Å². The minimum absolute atomic E-state index is 0.0145. The summed E-state index contributed by atoms with van der Waals surface area (Å²) in [5, 5.41) is 0. The minimum Gasteiger partial charge on any atom is -0.497 e. The van der Waals surface area contributed by atoms with Crippen LogP contribution < -0.4 is 23.7 Å². The van der Waals surface area contributed by atoms with Crippen LogP contribution in [0.2, 0.25) is 0 Å². The Morgan fingerprint density at radius 1 is 0.647 bits per heavy atom. The molecule has 0 saturated carbocycles. The van der Waals surface area contributed by atoms with Gasteiger partial charge in [0.1, 0.15) is 34.3 Å². The van der Waals surface area contributed by atoms with E-state index in [1.54, 1.807) is 19.1 Å². The van der Waals surface area contributed by atoms with Gasteiger partial charge < -0.3 is 38.1 Å². The molecule has 1 aliphatic heterocycles. The van der Waals surface area contributed by atoms with E-state index in [1.807, 2.05) is 99.6 Å². The number of methoxy groups -OCH3 is 2. The molecule has 0 N–H and O–H groups in total. The first-order valence-corrected chi connectivity index (χ1v) is 17.6. The van der Waals surface area contributed by atoms with Crippen molar-refractivity contribution in [1.82, 2.24) is 4.90 Å². The van der Waals surface area contributed by atoms with Crippen LogP contribution >= 0.6 is 0 Å². The molecule has 272 valence electrons. The highest BCUT2D eigenvalue weighted by atomic mass is 16.6. The van der Waals surface area contributed by atoms with Crippen molar-refractivity contribution in [2.24, 2.45) is 11.8 Å². The van der Waals surface area contributed by atoms with Crippen LogP contribution in [0.1, 0.15) is 44.2 Å². The van der Waals surface area contributed by atoms with E-state index in [0.717, 1.165) is 46.3 Å². The fourth-order valence-corrected chi connectivity index (χ4v) is 6.24. The quantitative estimate of drug-likeness (QED) is 0.108. The van der Waals surface area contributed by atoms with Crippen molar-refractivity contribution in [3.8, 4) is 28.7 Å². The third kappa shape index (κ3) is 11.6. The molecule has 1 amide bonds. The molecule has 9 heteroatoms. The van der Waals surface area contributed by atoms with Crippen LogP contribution in [0.15, 0.2) is 103 Å². The number of rotatable bonds is 16. The molecule has 3 atom stereocenters. The number of carbonyl (C=O) groups is 1. The summed E-state index contributed by atoms with van der Waals surface area (Å²) in [7, 11) is 3.28. The van der Waals surface area contributed by atoms with Crippen molar-refractivity contribution in [2.45, 2.75) is 45.3 Å². The second kappa shape index (κ2) is 18.4. The van der Waals surface area contributed by atoms with Crippen molar-refractivity contribution >= 4 is 6.09 Å². The third-order valence-electron chi connectivity index (χ3n) is 8.70. The predicted molar refractivity (Wildman–Crippen MR) is 197 cm³/mol. The molecule has 4 aromatic rings. The third-order valence-corrected chi connectivity index (χ3v) is 8.70. The molecule has 0 spiro atoms. The van der Waals surface area contributed by atoms with Gasteiger partial charge in [0.05, 0.1) is 47.3 Å². The lowest BCUT2D eigenvalue weighted by atomic mass is 9.74. The van der Waals surface area contributed by atoms with Gasteiger partial charge in [0.25, 0.3) is 0 Å². The highest BCUT2D eigenvalue weighted by Gasteiger charge is 2.41. The zero-order chi connectivity index (χ0) is 36.1. The Labute approximate surface area is 302 Å². The van der Waals surface area contributed by atoms with Gasteiger partial charge in [-0.3, -0.25) is 0 Å². The molecule has 5 rings (SSSR count). The maximum atomic E-state index is 13.5. The summed E-state index contributed by atoms with van der Waals surface area (Å²) in [6, 6.07) is 33.5. The molecule has 0 aromatic heterocycles. The normalized spacial score (nSPS) is 17.4. The maximum Gasteiger partial charge on any atom is 0.410 e. The van der Waals surface area contributed by atoms with Gasteiger partial charge in [-0.05, 0) is 98.5 Å². The number of benzene rings is 4. The maximum absolute atomic E-state index is 13.5. The highest BCUT2D eigenvalue weighted by Crippen LogP contribution is 2.39. The number of amides is 1. The van der Waals surface area contributed by atoms with Crippen molar-refractivity contribution in [3.63, 3.8) is 0 Å².